The minimum Gasteiger partial charge on any atom is -0.399 e. The van der Waals surface area contributed by atoms with E-state index in [1.807, 2.05) is 0 Å². The van der Waals surface area contributed by atoms with Gasteiger partial charge in [0.2, 0.25) is 0 Å². The second kappa shape index (κ2) is 7.83. The molecule has 19 heavy (non-hydrogen) atoms. The quantitative estimate of drug-likeness (QED) is 0.767. The number of hydrogen-bond donors (Lipinski definition) is 1. The van der Waals surface area contributed by atoms with Crippen molar-refractivity contribution in [1.29, 1.82) is 0 Å². The Morgan fingerprint density at radius 2 is 1.74 bits per heavy atom. The first-order valence-corrected chi connectivity index (χ1v) is 7.30. The molecule has 3 nitrogen and oxygen atoms in total. The fourth-order valence-electron chi connectivity index (χ4n) is 2.26. The Hall–Kier alpha value is -0.640. The van der Waals surface area contributed by atoms with Gasteiger partial charge in [0.25, 0.3) is 0 Å². The lowest BCUT2D eigenvalue weighted by atomic mass is 10.1. The van der Waals surface area contributed by atoms with Crippen molar-refractivity contribution in [3.8, 4) is 0 Å². The molecule has 0 unspecified atom stereocenters. The number of hydrogen-bond acceptors (Lipinski definition) is 3. The lowest BCUT2D eigenvalue weighted by Crippen LogP contribution is -2.37. The Bertz CT molecular complexity index is 385. The molecule has 0 spiro atoms. The summed E-state index contributed by atoms with van der Waals surface area (Å²) in [6.45, 7) is 5.71. The molecule has 1 rings (SSSR count). The highest BCUT2D eigenvalue weighted by molar-refractivity contribution is 6.39. The van der Waals surface area contributed by atoms with Crippen LogP contribution >= 0.6 is 23.2 Å². The minimum atomic E-state index is 0.383. The van der Waals surface area contributed by atoms with Gasteiger partial charge < -0.3 is 15.4 Å². The van der Waals surface area contributed by atoms with Gasteiger partial charge in [-0.1, -0.05) is 37.0 Å². The van der Waals surface area contributed by atoms with E-state index in [2.05, 4.69) is 18.7 Å². The van der Waals surface area contributed by atoms with E-state index in [1.54, 1.807) is 19.2 Å². The van der Waals surface area contributed by atoms with Gasteiger partial charge in [-0.15, -0.1) is 0 Å². The van der Waals surface area contributed by atoms with Crippen molar-refractivity contribution < 1.29 is 4.74 Å². The Labute approximate surface area is 125 Å². The average molecular weight is 305 g/mol. The van der Waals surface area contributed by atoms with Crippen molar-refractivity contribution in [2.24, 2.45) is 0 Å². The molecule has 0 atom stereocenters. The van der Waals surface area contributed by atoms with Gasteiger partial charge in [-0.3, -0.25) is 0 Å². The summed E-state index contributed by atoms with van der Waals surface area (Å²) in [4.78, 5) is 2.22. The molecule has 1 aromatic carbocycles. The van der Waals surface area contributed by atoms with Gasteiger partial charge in [0, 0.05) is 25.4 Å². The summed E-state index contributed by atoms with van der Waals surface area (Å²) in [5.41, 5.74) is 7.19. The van der Waals surface area contributed by atoms with Gasteiger partial charge in [0.15, 0.2) is 0 Å². The highest BCUT2D eigenvalue weighted by atomic mass is 35.5. The number of ether oxygens (including phenoxy) is 1. The smallest absolute Gasteiger partial charge is 0.0749 e. The number of rotatable bonds is 7. The number of anilines is 2. The zero-order valence-corrected chi connectivity index (χ0v) is 13.3. The third-order valence-corrected chi connectivity index (χ3v) is 3.82. The average Bonchev–Trinajstić information content (AvgIpc) is 2.35. The van der Waals surface area contributed by atoms with Crippen LogP contribution in [-0.4, -0.2) is 26.3 Å². The van der Waals surface area contributed by atoms with Crippen LogP contribution in [0.2, 0.25) is 10.0 Å². The van der Waals surface area contributed by atoms with Crippen LogP contribution in [0.15, 0.2) is 12.1 Å². The number of halogens is 2. The number of benzene rings is 1. The largest absolute Gasteiger partial charge is 0.399 e. The van der Waals surface area contributed by atoms with Crippen LogP contribution < -0.4 is 10.6 Å². The predicted octanol–water partition coefficient (Wildman–Crippen LogP) is 4.22. The molecule has 0 bridgehead atoms. The second-order valence-corrected chi connectivity index (χ2v) is 5.30. The van der Waals surface area contributed by atoms with Gasteiger partial charge in [-0.05, 0) is 25.0 Å². The molecule has 0 saturated heterocycles. The SMILES string of the molecule is CCC(CC)N(CCOC)c1c(Cl)cc(N)cc1Cl. The summed E-state index contributed by atoms with van der Waals surface area (Å²) in [7, 11) is 1.69. The van der Waals surface area contributed by atoms with Crippen molar-refractivity contribution in [3.05, 3.63) is 22.2 Å². The first kappa shape index (κ1) is 16.4. The maximum Gasteiger partial charge on any atom is 0.0749 e. The maximum atomic E-state index is 6.32. The topological polar surface area (TPSA) is 38.5 Å². The van der Waals surface area contributed by atoms with Crippen LogP contribution in [0.4, 0.5) is 11.4 Å². The molecule has 108 valence electrons. The fraction of sp³-hybridized carbons (Fsp3) is 0.571. The van der Waals surface area contributed by atoms with E-state index in [9.17, 15) is 0 Å². The van der Waals surface area contributed by atoms with Crippen LogP contribution in [-0.2, 0) is 4.74 Å². The third-order valence-electron chi connectivity index (χ3n) is 3.25. The summed E-state index contributed by atoms with van der Waals surface area (Å²) >= 11 is 12.6. The van der Waals surface area contributed by atoms with Crippen LogP contribution in [0, 0.1) is 0 Å². The minimum absolute atomic E-state index is 0.383. The van der Waals surface area contributed by atoms with E-state index in [4.69, 9.17) is 33.7 Å². The normalized spacial score (nSPS) is 11.1. The van der Waals surface area contributed by atoms with Crippen LogP contribution in [0.3, 0.4) is 0 Å². The van der Waals surface area contributed by atoms with Gasteiger partial charge >= 0.3 is 0 Å². The Kier molecular flexibility index (Phi) is 6.76. The van der Waals surface area contributed by atoms with E-state index < -0.39 is 0 Å². The van der Waals surface area contributed by atoms with Crippen LogP contribution in [0.25, 0.3) is 0 Å². The molecule has 0 aliphatic heterocycles. The predicted molar refractivity (Wildman–Crippen MR) is 84.5 cm³/mol. The Morgan fingerprint density at radius 1 is 1.21 bits per heavy atom. The molecule has 0 amide bonds. The van der Waals surface area contributed by atoms with Crippen LogP contribution in [0.5, 0.6) is 0 Å². The summed E-state index contributed by atoms with van der Waals surface area (Å²) in [5.74, 6) is 0. The van der Waals surface area contributed by atoms with Gasteiger partial charge in [0.1, 0.15) is 0 Å². The molecule has 0 saturated carbocycles. The Morgan fingerprint density at radius 3 is 2.16 bits per heavy atom. The molecular weight excluding hydrogens is 283 g/mol. The standard InChI is InChI=1S/C14H22Cl2N2O/c1-4-11(5-2)18(6-7-19-3)14-12(15)8-10(17)9-13(14)16/h8-9,11H,4-7,17H2,1-3H3. The molecule has 0 aromatic heterocycles. The summed E-state index contributed by atoms with van der Waals surface area (Å²) in [6.07, 6.45) is 2.05. The molecule has 2 N–H and O–H groups in total. The highest BCUT2D eigenvalue weighted by Crippen LogP contribution is 2.37. The molecule has 5 heteroatoms. The van der Waals surface area contributed by atoms with Gasteiger partial charge in [0.05, 0.1) is 22.3 Å². The molecular formula is C14H22Cl2N2O. The molecule has 0 fully saturated rings. The number of nitrogens with two attached hydrogens (primary N) is 1. The van der Waals surface area contributed by atoms with Crippen molar-refractivity contribution >= 4 is 34.6 Å². The fourth-order valence-corrected chi connectivity index (χ4v) is 2.98. The zero-order valence-electron chi connectivity index (χ0n) is 11.7. The number of methoxy groups -OCH3 is 1. The molecule has 0 radical (unpaired) electrons. The summed E-state index contributed by atoms with van der Waals surface area (Å²) in [5, 5.41) is 1.18. The number of nitrogens with zero attached hydrogens (tertiary/aromatic N) is 1. The zero-order chi connectivity index (χ0) is 14.4. The molecule has 0 heterocycles. The van der Waals surface area contributed by atoms with Gasteiger partial charge in [-0.25, -0.2) is 0 Å². The van der Waals surface area contributed by atoms with Gasteiger partial charge in [-0.2, -0.15) is 0 Å². The molecule has 0 aliphatic rings. The summed E-state index contributed by atoms with van der Waals surface area (Å²) in [6, 6.07) is 3.87. The van der Waals surface area contributed by atoms with Crippen molar-refractivity contribution in [3.63, 3.8) is 0 Å². The van der Waals surface area contributed by atoms with E-state index in [1.165, 1.54) is 0 Å². The van der Waals surface area contributed by atoms with E-state index >= 15 is 0 Å². The van der Waals surface area contributed by atoms with Crippen LogP contribution in [0.1, 0.15) is 26.7 Å². The number of nitrogen functional groups attached to an aromatic ring is 1. The third kappa shape index (κ3) is 4.16. The van der Waals surface area contributed by atoms with Crippen molar-refractivity contribution in [1.82, 2.24) is 0 Å². The maximum absolute atomic E-state index is 6.32. The molecule has 0 aliphatic carbocycles. The van der Waals surface area contributed by atoms with Crippen molar-refractivity contribution in [2.75, 3.05) is 30.9 Å². The second-order valence-electron chi connectivity index (χ2n) is 4.49. The first-order valence-electron chi connectivity index (χ1n) is 6.55. The van der Waals surface area contributed by atoms with E-state index in [-0.39, 0.29) is 0 Å². The lowest BCUT2D eigenvalue weighted by Gasteiger charge is -2.34. The highest BCUT2D eigenvalue weighted by Gasteiger charge is 2.21. The van der Waals surface area contributed by atoms with E-state index in [0.29, 0.717) is 28.4 Å². The lowest BCUT2D eigenvalue weighted by molar-refractivity contribution is 0.202. The van der Waals surface area contributed by atoms with Crippen molar-refractivity contribution in [2.45, 2.75) is 32.7 Å². The monoisotopic (exact) mass is 304 g/mol. The Balaban J connectivity index is 3.16. The first-order chi connectivity index (χ1) is 9.04. The summed E-state index contributed by atoms with van der Waals surface area (Å²) < 4.78 is 5.18. The van der Waals surface area contributed by atoms with E-state index in [0.717, 1.165) is 25.1 Å². The molecule has 1 aromatic rings.